The first-order chi connectivity index (χ1) is 13.1. The van der Waals surface area contributed by atoms with E-state index in [9.17, 15) is 14.0 Å². The molecule has 6 nitrogen and oxygen atoms in total. The van der Waals surface area contributed by atoms with Gasteiger partial charge in [0.15, 0.2) is 0 Å². The van der Waals surface area contributed by atoms with E-state index in [1.54, 1.807) is 17.2 Å². The second-order valence-corrected chi connectivity index (χ2v) is 6.52. The first kappa shape index (κ1) is 17.1. The standard InChI is InChI=1S/C20H19FN4O2/c21-14-1-6-17-18(20(27)23-19(17)11-14)12-22-15-2-4-16(5-3-15)25-9-7-24(13-26)8-10-25/h1-6,11-13,22H,7-10H2,(H,23,27)/b18-12-. The highest BCUT2D eigenvalue weighted by molar-refractivity contribution is 6.31. The fraction of sp³-hybridized carbons (Fsp3) is 0.200. The van der Waals surface area contributed by atoms with E-state index in [4.69, 9.17) is 0 Å². The number of amides is 2. The summed E-state index contributed by atoms with van der Waals surface area (Å²) in [6.45, 7) is 3.07. The van der Waals surface area contributed by atoms with Crippen LogP contribution in [-0.2, 0) is 9.59 Å². The van der Waals surface area contributed by atoms with Gasteiger partial charge in [-0.2, -0.15) is 0 Å². The number of hydrogen-bond acceptors (Lipinski definition) is 4. The minimum absolute atomic E-state index is 0.257. The van der Waals surface area contributed by atoms with E-state index in [-0.39, 0.29) is 11.7 Å². The van der Waals surface area contributed by atoms with E-state index >= 15 is 0 Å². The lowest BCUT2D eigenvalue weighted by Crippen LogP contribution is -2.45. The average Bonchev–Trinajstić information content (AvgIpc) is 3.01. The predicted octanol–water partition coefficient (Wildman–Crippen LogP) is 2.51. The van der Waals surface area contributed by atoms with Crippen molar-refractivity contribution in [2.24, 2.45) is 0 Å². The van der Waals surface area contributed by atoms with Gasteiger partial charge in [-0.25, -0.2) is 4.39 Å². The van der Waals surface area contributed by atoms with Gasteiger partial charge >= 0.3 is 0 Å². The molecule has 0 unspecified atom stereocenters. The minimum Gasteiger partial charge on any atom is -0.368 e. The number of carbonyl (C=O) groups excluding carboxylic acids is 2. The van der Waals surface area contributed by atoms with Crippen molar-refractivity contribution < 1.29 is 14.0 Å². The van der Waals surface area contributed by atoms with Gasteiger partial charge in [-0.1, -0.05) is 0 Å². The molecule has 1 fully saturated rings. The van der Waals surface area contributed by atoms with E-state index in [2.05, 4.69) is 15.5 Å². The van der Waals surface area contributed by atoms with Gasteiger partial charge in [-0.15, -0.1) is 0 Å². The third-order valence-corrected chi connectivity index (χ3v) is 4.84. The van der Waals surface area contributed by atoms with E-state index in [0.29, 0.717) is 16.8 Å². The van der Waals surface area contributed by atoms with Gasteiger partial charge in [0, 0.05) is 49.3 Å². The van der Waals surface area contributed by atoms with E-state index < -0.39 is 0 Å². The Morgan fingerprint density at radius 2 is 1.78 bits per heavy atom. The number of piperazine rings is 1. The van der Waals surface area contributed by atoms with Crippen LogP contribution in [-0.4, -0.2) is 43.4 Å². The normalized spacial score (nSPS) is 17.7. The quantitative estimate of drug-likeness (QED) is 0.645. The van der Waals surface area contributed by atoms with Gasteiger partial charge < -0.3 is 20.4 Å². The molecule has 0 aliphatic carbocycles. The fourth-order valence-electron chi connectivity index (χ4n) is 3.32. The summed E-state index contributed by atoms with van der Waals surface area (Å²) in [4.78, 5) is 26.9. The van der Waals surface area contributed by atoms with E-state index in [1.165, 1.54) is 12.1 Å². The molecule has 0 aromatic heterocycles. The van der Waals surface area contributed by atoms with Gasteiger partial charge in [-0.05, 0) is 42.5 Å². The number of fused-ring (bicyclic) bond motifs is 1. The summed E-state index contributed by atoms with van der Waals surface area (Å²) in [6.07, 6.45) is 2.53. The summed E-state index contributed by atoms with van der Waals surface area (Å²) < 4.78 is 13.3. The van der Waals surface area contributed by atoms with Crippen molar-refractivity contribution in [1.82, 2.24) is 4.90 Å². The molecule has 138 valence electrons. The van der Waals surface area contributed by atoms with Crippen LogP contribution in [0.3, 0.4) is 0 Å². The molecule has 2 aliphatic heterocycles. The van der Waals surface area contributed by atoms with Crippen molar-refractivity contribution in [3.63, 3.8) is 0 Å². The highest BCUT2D eigenvalue weighted by Crippen LogP contribution is 2.32. The number of nitrogens with zero attached hydrogens (tertiary/aromatic N) is 2. The minimum atomic E-state index is -0.382. The van der Waals surface area contributed by atoms with Crippen molar-refractivity contribution >= 4 is 35.0 Å². The Balaban J connectivity index is 1.44. The summed E-state index contributed by atoms with van der Waals surface area (Å²) in [5.41, 5.74) is 3.58. The summed E-state index contributed by atoms with van der Waals surface area (Å²) in [5.74, 6) is -0.638. The van der Waals surface area contributed by atoms with Gasteiger partial charge in [0.05, 0.1) is 11.3 Å². The zero-order valence-corrected chi connectivity index (χ0v) is 14.6. The second-order valence-electron chi connectivity index (χ2n) is 6.52. The Bertz CT molecular complexity index is 903. The highest BCUT2D eigenvalue weighted by atomic mass is 19.1. The Morgan fingerprint density at radius 1 is 1.04 bits per heavy atom. The number of benzene rings is 2. The highest BCUT2D eigenvalue weighted by Gasteiger charge is 2.24. The molecule has 7 heteroatoms. The lowest BCUT2D eigenvalue weighted by Gasteiger charge is -2.34. The Hall–Kier alpha value is -3.35. The summed E-state index contributed by atoms with van der Waals surface area (Å²) in [6, 6.07) is 12.1. The zero-order valence-electron chi connectivity index (χ0n) is 14.6. The molecular formula is C20H19FN4O2. The molecule has 1 saturated heterocycles. The number of carbonyl (C=O) groups is 2. The van der Waals surface area contributed by atoms with Crippen LogP contribution in [0.4, 0.5) is 21.5 Å². The maximum atomic E-state index is 13.3. The molecule has 27 heavy (non-hydrogen) atoms. The number of anilines is 3. The van der Waals surface area contributed by atoms with Crippen LogP contribution >= 0.6 is 0 Å². The van der Waals surface area contributed by atoms with Gasteiger partial charge in [0.1, 0.15) is 5.82 Å². The van der Waals surface area contributed by atoms with E-state index in [0.717, 1.165) is 44.0 Å². The topological polar surface area (TPSA) is 64.7 Å². The zero-order chi connectivity index (χ0) is 18.8. The summed E-state index contributed by atoms with van der Waals surface area (Å²) in [7, 11) is 0. The largest absolute Gasteiger partial charge is 0.368 e. The van der Waals surface area contributed by atoms with Gasteiger partial charge in [0.2, 0.25) is 6.41 Å². The molecule has 2 heterocycles. The first-order valence-corrected chi connectivity index (χ1v) is 8.76. The molecule has 2 aliphatic rings. The van der Waals surface area contributed by atoms with Crippen LogP contribution in [0.2, 0.25) is 0 Å². The Labute approximate surface area is 156 Å². The van der Waals surface area contributed by atoms with Gasteiger partial charge in [-0.3, -0.25) is 9.59 Å². The van der Waals surface area contributed by atoms with Crippen molar-refractivity contribution in [3.05, 3.63) is 60.0 Å². The molecule has 2 amide bonds. The first-order valence-electron chi connectivity index (χ1n) is 8.76. The molecule has 2 aromatic carbocycles. The van der Waals surface area contributed by atoms with Crippen LogP contribution in [0.25, 0.3) is 5.57 Å². The second kappa shape index (κ2) is 7.11. The maximum Gasteiger partial charge on any atom is 0.257 e. The number of hydrogen-bond donors (Lipinski definition) is 2. The third kappa shape index (κ3) is 3.48. The van der Waals surface area contributed by atoms with Crippen LogP contribution in [0.15, 0.2) is 48.7 Å². The van der Waals surface area contributed by atoms with Crippen molar-refractivity contribution in [3.8, 4) is 0 Å². The maximum absolute atomic E-state index is 13.3. The van der Waals surface area contributed by atoms with E-state index in [1.807, 2.05) is 24.3 Å². The van der Waals surface area contributed by atoms with Gasteiger partial charge in [0.25, 0.3) is 5.91 Å². The van der Waals surface area contributed by atoms with Crippen LogP contribution < -0.4 is 15.5 Å². The number of rotatable bonds is 4. The number of nitrogens with one attached hydrogen (secondary N) is 2. The average molecular weight is 366 g/mol. The van der Waals surface area contributed by atoms with Crippen molar-refractivity contribution in [2.75, 3.05) is 41.7 Å². The predicted molar refractivity (Wildman–Crippen MR) is 103 cm³/mol. The molecule has 0 atom stereocenters. The van der Waals surface area contributed by atoms with Crippen molar-refractivity contribution in [1.29, 1.82) is 0 Å². The van der Waals surface area contributed by atoms with Crippen molar-refractivity contribution in [2.45, 2.75) is 0 Å². The molecule has 4 rings (SSSR count). The molecule has 0 radical (unpaired) electrons. The lowest BCUT2D eigenvalue weighted by molar-refractivity contribution is -0.118. The summed E-state index contributed by atoms with van der Waals surface area (Å²) in [5, 5.41) is 5.79. The fourth-order valence-corrected chi connectivity index (χ4v) is 3.32. The molecular weight excluding hydrogens is 347 g/mol. The molecule has 0 bridgehead atoms. The lowest BCUT2D eigenvalue weighted by atomic mass is 10.1. The molecule has 0 spiro atoms. The Morgan fingerprint density at radius 3 is 2.48 bits per heavy atom. The van der Waals surface area contributed by atoms with Crippen LogP contribution in [0, 0.1) is 5.82 Å². The summed E-state index contributed by atoms with van der Waals surface area (Å²) >= 11 is 0. The smallest absolute Gasteiger partial charge is 0.257 e. The third-order valence-electron chi connectivity index (χ3n) is 4.84. The molecule has 0 saturated carbocycles. The van der Waals surface area contributed by atoms with Crippen LogP contribution in [0.1, 0.15) is 5.56 Å². The molecule has 2 N–H and O–H groups in total. The van der Waals surface area contributed by atoms with Crippen LogP contribution in [0.5, 0.6) is 0 Å². The molecule has 2 aromatic rings. The number of halogens is 1. The SMILES string of the molecule is O=CN1CCN(c2ccc(N/C=C3\C(=O)Nc4cc(F)ccc43)cc2)CC1. The Kier molecular flexibility index (Phi) is 4.50. The monoisotopic (exact) mass is 366 g/mol.